The van der Waals surface area contributed by atoms with Crippen LogP contribution in [0.4, 0.5) is 0 Å². The van der Waals surface area contributed by atoms with Crippen molar-refractivity contribution in [2.75, 3.05) is 39.9 Å². The number of nitrogens with zero attached hydrogens (tertiary/aromatic N) is 5. The standard InChI is InChI=1S/C22H34N6O.HI/c1-5-23-22(24-13-18(2)27-11-12-29-17-19(27)3)26(4)15-20-14-25-28(16-20)21-9-7-6-8-10-21;/h6-10,14,16,18-19H,5,11-13,15,17H2,1-4H3,(H,23,24);1H. The van der Waals surface area contributed by atoms with Gasteiger partial charge in [-0.3, -0.25) is 9.89 Å². The van der Waals surface area contributed by atoms with Crippen molar-refractivity contribution in [2.45, 2.75) is 39.4 Å². The molecule has 3 rings (SSSR count). The second-order valence-corrected chi connectivity index (χ2v) is 7.69. The number of hydrogen-bond acceptors (Lipinski definition) is 4. The number of guanidine groups is 1. The summed E-state index contributed by atoms with van der Waals surface area (Å²) in [4.78, 5) is 9.55. The van der Waals surface area contributed by atoms with Crippen molar-refractivity contribution in [1.29, 1.82) is 0 Å². The minimum absolute atomic E-state index is 0. The molecule has 1 aliphatic rings. The maximum absolute atomic E-state index is 5.56. The predicted molar refractivity (Wildman–Crippen MR) is 133 cm³/mol. The van der Waals surface area contributed by atoms with E-state index in [-0.39, 0.29) is 24.0 Å². The second-order valence-electron chi connectivity index (χ2n) is 7.69. The summed E-state index contributed by atoms with van der Waals surface area (Å²) in [6.45, 7) is 11.5. The summed E-state index contributed by atoms with van der Waals surface area (Å²) in [5.41, 5.74) is 2.22. The van der Waals surface area contributed by atoms with Gasteiger partial charge in [-0.05, 0) is 32.9 Å². The van der Waals surface area contributed by atoms with Gasteiger partial charge in [0.15, 0.2) is 5.96 Å². The van der Waals surface area contributed by atoms with E-state index in [9.17, 15) is 0 Å². The number of ether oxygens (including phenoxy) is 1. The summed E-state index contributed by atoms with van der Waals surface area (Å²) in [6.07, 6.45) is 4.00. The zero-order chi connectivity index (χ0) is 20.6. The molecule has 166 valence electrons. The summed E-state index contributed by atoms with van der Waals surface area (Å²) < 4.78 is 7.47. The van der Waals surface area contributed by atoms with E-state index < -0.39 is 0 Å². The van der Waals surface area contributed by atoms with Gasteiger partial charge in [-0.25, -0.2) is 4.68 Å². The van der Waals surface area contributed by atoms with Crippen LogP contribution in [0.2, 0.25) is 0 Å². The number of halogens is 1. The maximum Gasteiger partial charge on any atom is 0.194 e. The fourth-order valence-corrected chi connectivity index (χ4v) is 3.70. The first-order chi connectivity index (χ1) is 14.1. The Morgan fingerprint density at radius 3 is 2.83 bits per heavy atom. The van der Waals surface area contributed by atoms with Gasteiger partial charge in [-0.1, -0.05) is 18.2 Å². The van der Waals surface area contributed by atoms with Crippen LogP contribution in [0.1, 0.15) is 26.3 Å². The highest BCUT2D eigenvalue weighted by Gasteiger charge is 2.23. The van der Waals surface area contributed by atoms with Gasteiger partial charge in [0.2, 0.25) is 0 Å². The zero-order valence-corrected chi connectivity index (χ0v) is 20.8. The summed E-state index contributed by atoms with van der Waals surface area (Å²) in [6, 6.07) is 11.0. The van der Waals surface area contributed by atoms with Crippen molar-refractivity contribution in [3.05, 3.63) is 48.3 Å². The first-order valence-corrected chi connectivity index (χ1v) is 10.5. The molecular weight excluding hydrogens is 491 g/mol. The second kappa shape index (κ2) is 12.3. The Morgan fingerprint density at radius 1 is 1.37 bits per heavy atom. The Kier molecular flexibility index (Phi) is 10.1. The molecule has 1 saturated heterocycles. The van der Waals surface area contributed by atoms with Gasteiger partial charge >= 0.3 is 0 Å². The van der Waals surface area contributed by atoms with E-state index in [1.165, 1.54) is 0 Å². The minimum atomic E-state index is 0. The van der Waals surface area contributed by atoms with E-state index in [1.807, 2.05) is 29.1 Å². The molecule has 2 unspecified atom stereocenters. The van der Waals surface area contributed by atoms with Crippen molar-refractivity contribution in [1.82, 2.24) is 24.9 Å². The molecule has 0 saturated carbocycles. The molecule has 2 aromatic rings. The topological polar surface area (TPSA) is 57.9 Å². The Labute approximate surface area is 197 Å². The van der Waals surface area contributed by atoms with Crippen LogP contribution in [0, 0.1) is 0 Å². The SMILES string of the molecule is CCNC(=NCC(C)N1CCOCC1C)N(C)Cc1cnn(-c2ccccc2)c1.I. The lowest BCUT2D eigenvalue weighted by Crippen LogP contribution is -2.49. The van der Waals surface area contributed by atoms with Gasteiger partial charge in [0.05, 0.1) is 31.6 Å². The molecule has 8 heteroatoms. The van der Waals surface area contributed by atoms with Crippen molar-refractivity contribution in [3.8, 4) is 5.69 Å². The van der Waals surface area contributed by atoms with Crippen molar-refractivity contribution >= 4 is 29.9 Å². The van der Waals surface area contributed by atoms with Crippen LogP contribution in [0.5, 0.6) is 0 Å². The smallest absolute Gasteiger partial charge is 0.194 e. The monoisotopic (exact) mass is 526 g/mol. The molecule has 0 amide bonds. The summed E-state index contributed by atoms with van der Waals surface area (Å²) in [5.74, 6) is 0.924. The number of aliphatic imine (C=N–C) groups is 1. The summed E-state index contributed by atoms with van der Waals surface area (Å²) in [7, 11) is 2.07. The Balaban J connectivity index is 0.00000320. The largest absolute Gasteiger partial charge is 0.379 e. The molecule has 2 heterocycles. The van der Waals surface area contributed by atoms with Crippen molar-refractivity contribution in [3.63, 3.8) is 0 Å². The van der Waals surface area contributed by atoms with Gasteiger partial charge < -0.3 is 15.0 Å². The molecule has 1 N–H and O–H groups in total. The van der Waals surface area contributed by atoms with E-state index in [4.69, 9.17) is 9.73 Å². The van der Waals surface area contributed by atoms with Crippen molar-refractivity contribution in [2.24, 2.45) is 4.99 Å². The van der Waals surface area contributed by atoms with Gasteiger partial charge in [0.1, 0.15) is 0 Å². The third-order valence-electron chi connectivity index (χ3n) is 5.26. The first-order valence-electron chi connectivity index (χ1n) is 10.5. The third kappa shape index (κ3) is 6.68. The average Bonchev–Trinajstić information content (AvgIpc) is 3.20. The lowest BCUT2D eigenvalue weighted by atomic mass is 10.2. The van der Waals surface area contributed by atoms with Crippen LogP contribution >= 0.6 is 24.0 Å². The normalized spacial score (nSPS) is 18.5. The Bertz CT molecular complexity index is 781. The summed E-state index contributed by atoms with van der Waals surface area (Å²) in [5, 5.41) is 7.92. The fourth-order valence-electron chi connectivity index (χ4n) is 3.70. The van der Waals surface area contributed by atoms with E-state index in [0.29, 0.717) is 12.1 Å². The van der Waals surface area contributed by atoms with Crippen LogP contribution in [0.15, 0.2) is 47.7 Å². The number of aromatic nitrogens is 2. The molecule has 0 radical (unpaired) electrons. The fraction of sp³-hybridized carbons (Fsp3) is 0.545. The number of hydrogen-bond donors (Lipinski definition) is 1. The molecule has 1 aromatic heterocycles. The number of rotatable bonds is 7. The highest BCUT2D eigenvalue weighted by molar-refractivity contribution is 14.0. The number of para-hydroxylation sites is 1. The van der Waals surface area contributed by atoms with Gasteiger partial charge in [0, 0.05) is 50.5 Å². The van der Waals surface area contributed by atoms with Crippen LogP contribution in [0.25, 0.3) is 5.69 Å². The summed E-state index contributed by atoms with van der Waals surface area (Å²) >= 11 is 0. The minimum Gasteiger partial charge on any atom is -0.379 e. The third-order valence-corrected chi connectivity index (χ3v) is 5.26. The zero-order valence-electron chi connectivity index (χ0n) is 18.5. The van der Waals surface area contributed by atoms with E-state index in [1.54, 1.807) is 0 Å². The lowest BCUT2D eigenvalue weighted by Gasteiger charge is -2.37. The van der Waals surface area contributed by atoms with E-state index >= 15 is 0 Å². The van der Waals surface area contributed by atoms with Crippen LogP contribution in [0.3, 0.4) is 0 Å². The molecular formula is C22H35IN6O. The molecule has 1 fully saturated rings. The van der Waals surface area contributed by atoms with Gasteiger partial charge in [-0.2, -0.15) is 5.10 Å². The van der Waals surface area contributed by atoms with E-state index in [0.717, 1.165) is 56.6 Å². The number of benzene rings is 1. The Hall–Kier alpha value is -1.65. The lowest BCUT2D eigenvalue weighted by molar-refractivity contribution is -0.0166. The maximum atomic E-state index is 5.56. The molecule has 1 aliphatic heterocycles. The highest BCUT2D eigenvalue weighted by Crippen LogP contribution is 2.12. The van der Waals surface area contributed by atoms with Crippen LogP contribution < -0.4 is 5.32 Å². The van der Waals surface area contributed by atoms with Gasteiger partial charge in [-0.15, -0.1) is 24.0 Å². The predicted octanol–water partition coefficient (Wildman–Crippen LogP) is 3.00. The average molecular weight is 526 g/mol. The number of nitrogens with one attached hydrogen (secondary N) is 1. The van der Waals surface area contributed by atoms with Crippen LogP contribution in [-0.2, 0) is 11.3 Å². The molecule has 7 nitrogen and oxygen atoms in total. The highest BCUT2D eigenvalue weighted by atomic mass is 127. The molecule has 2 atom stereocenters. The first kappa shape index (κ1) is 24.6. The molecule has 0 bridgehead atoms. The van der Waals surface area contributed by atoms with E-state index in [2.05, 4.69) is 66.4 Å². The van der Waals surface area contributed by atoms with Crippen LogP contribution in [-0.4, -0.2) is 77.5 Å². The molecule has 0 aliphatic carbocycles. The van der Waals surface area contributed by atoms with Gasteiger partial charge in [0.25, 0.3) is 0 Å². The number of morpholine rings is 1. The molecule has 0 spiro atoms. The van der Waals surface area contributed by atoms with Crippen molar-refractivity contribution < 1.29 is 4.74 Å². The quantitative estimate of drug-likeness (QED) is 0.342. The molecule has 1 aromatic carbocycles. The Morgan fingerprint density at radius 2 is 2.13 bits per heavy atom. The molecule has 30 heavy (non-hydrogen) atoms.